The average Bonchev–Trinajstić information content (AvgIpc) is 2.34. The van der Waals surface area contributed by atoms with Gasteiger partial charge in [0, 0.05) is 8.95 Å². The molecule has 1 nitrogen and oxygen atoms in total. The van der Waals surface area contributed by atoms with E-state index in [0.29, 0.717) is 13.2 Å². The Morgan fingerprint density at radius 3 is 1.58 bits per heavy atom. The molecule has 100 valence electrons. The van der Waals surface area contributed by atoms with Crippen LogP contribution in [0.1, 0.15) is 22.3 Å². The molecule has 0 amide bonds. The lowest BCUT2D eigenvalue weighted by Gasteiger charge is -2.10. The molecule has 0 aliphatic heterocycles. The van der Waals surface area contributed by atoms with Crippen LogP contribution in [-0.2, 0) is 18.0 Å². The first-order valence-electron chi connectivity index (χ1n) is 6.14. The zero-order chi connectivity index (χ0) is 13.8. The lowest BCUT2D eigenvalue weighted by Crippen LogP contribution is -1.98. The van der Waals surface area contributed by atoms with Gasteiger partial charge in [0.05, 0.1) is 13.2 Å². The highest BCUT2D eigenvalue weighted by Crippen LogP contribution is 2.19. The van der Waals surface area contributed by atoms with Crippen LogP contribution in [-0.4, -0.2) is 0 Å². The van der Waals surface area contributed by atoms with Crippen LogP contribution in [0.5, 0.6) is 0 Å². The van der Waals surface area contributed by atoms with Gasteiger partial charge in [0.25, 0.3) is 0 Å². The van der Waals surface area contributed by atoms with E-state index in [-0.39, 0.29) is 0 Å². The van der Waals surface area contributed by atoms with Crippen molar-refractivity contribution in [2.45, 2.75) is 27.1 Å². The molecule has 0 unspecified atom stereocenters. The maximum absolute atomic E-state index is 5.82. The Labute approximate surface area is 131 Å². The first kappa shape index (κ1) is 14.8. The number of benzene rings is 2. The summed E-state index contributed by atoms with van der Waals surface area (Å²) in [5.41, 5.74) is 4.97. The van der Waals surface area contributed by atoms with Gasteiger partial charge in [-0.3, -0.25) is 0 Å². The standard InChI is InChI=1S/C16H16Br2O/c1-11-7-15(17)5-3-13(11)9-19-10-14-4-6-16(18)8-12(14)2/h3-8H,9-10H2,1-2H3. The average molecular weight is 384 g/mol. The van der Waals surface area contributed by atoms with Crippen LogP contribution in [0.2, 0.25) is 0 Å². The van der Waals surface area contributed by atoms with E-state index in [9.17, 15) is 0 Å². The van der Waals surface area contributed by atoms with Crippen molar-refractivity contribution < 1.29 is 4.74 Å². The first-order valence-corrected chi connectivity index (χ1v) is 7.72. The highest BCUT2D eigenvalue weighted by Gasteiger charge is 2.02. The van der Waals surface area contributed by atoms with Gasteiger partial charge in [-0.05, 0) is 60.4 Å². The molecule has 0 N–H and O–H groups in total. The Morgan fingerprint density at radius 1 is 0.789 bits per heavy atom. The highest BCUT2D eigenvalue weighted by molar-refractivity contribution is 9.10. The van der Waals surface area contributed by atoms with Crippen LogP contribution < -0.4 is 0 Å². The molecule has 0 spiro atoms. The topological polar surface area (TPSA) is 9.23 Å². The molecule has 19 heavy (non-hydrogen) atoms. The van der Waals surface area contributed by atoms with E-state index in [2.05, 4.69) is 82.1 Å². The third-order valence-electron chi connectivity index (χ3n) is 3.12. The van der Waals surface area contributed by atoms with Gasteiger partial charge in [-0.15, -0.1) is 0 Å². The second kappa shape index (κ2) is 6.69. The third kappa shape index (κ3) is 4.16. The maximum atomic E-state index is 5.82. The molecule has 0 saturated carbocycles. The third-order valence-corrected chi connectivity index (χ3v) is 4.11. The van der Waals surface area contributed by atoms with E-state index in [1.54, 1.807) is 0 Å². The van der Waals surface area contributed by atoms with Crippen molar-refractivity contribution in [3.8, 4) is 0 Å². The van der Waals surface area contributed by atoms with Crippen molar-refractivity contribution in [3.05, 3.63) is 67.6 Å². The van der Waals surface area contributed by atoms with Gasteiger partial charge in [0.1, 0.15) is 0 Å². The molecule has 2 rings (SSSR count). The minimum atomic E-state index is 0.647. The van der Waals surface area contributed by atoms with E-state index >= 15 is 0 Å². The molecular formula is C16H16Br2O. The zero-order valence-electron chi connectivity index (χ0n) is 11.0. The van der Waals surface area contributed by atoms with Crippen LogP contribution in [0.15, 0.2) is 45.3 Å². The number of hydrogen-bond acceptors (Lipinski definition) is 1. The quantitative estimate of drug-likeness (QED) is 0.672. The van der Waals surface area contributed by atoms with E-state index < -0.39 is 0 Å². The summed E-state index contributed by atoms with van der Waals surface area (Å²) in [6.07, 6.45) is 0. The summed E-state index contributed by atoms with van der Waals surface area (Å²) in [5.74, 6) is 0. The second-order valence-corrected chi connectivity index (χ2v) is 6.47. The number of aryl methyl sites for hydroxylation is 2. The maximum Gasteiger partial charge on any atom is 0.0724 e. The van der Waals surface area contributed by atoms with Gasteiger partial charge in [-0.2, -0.15) is 0 Å². The molecule has 0 heterocycles. The molecule has 0 fully saturated rings. The fourth-order valence-corrected chi connectivity index (χ4v) is 2.86. The Kier molecular flexibility index (Phi) is 5.20. The predicted molar refractivity (Wildman–Crippen MR) is 86.3 cm³/mol. The lowest BCUT2D eigenvalue weighted by atomic mass is 10.1. The highest BCUT2D eigenvalue weighted by atomic mass is 79.9. The van der Waals surface area contributed by atoms with E-state index in [0.717, 1.165) is 8.95 Å². The summed E-state index contributed by atoms with van der Waals surface area (Å²) in [5, 5.41) is 0. The van der Waals surface area contributed by atoms with Crippen LogP contribution in [0.25, 0.3) is 0 Å². The fourth-order valence-electron chi connectivity index (χ4n) is 1.91. The van der Waals surface area contributed by atoms with Crippen molar-refractivity contribution in [2.75, 3.05) is 0 Å². The zero-order valence-corrected chi connectivity index (χ0v) is 14.2. The molecule has 0 aliphatic rings. The molecule has 0 aromatic heterocycles. The van der Waals surface area contributed by atoms with Crippen molar-refractivity contribution in [1.82, 2.24) is 0 Å². The van der Waals surface area contributed by atoms with Crippen LogP contribution in [0, 0.1) is 13.8 Å². The fraction of sp³-hybridized carbons (Fsp3) is 0.250. The molecule has 2 aromatic carbocycles. The summed E-state index contributed by atoms with van der Waals surface area (Å²) in [7, 11) is 0. The minimum absolute atomic E-state index is 0.647. The van der Waals surface area contributed by atoms with Gasteiger partial charge in [0.2, 0.25) is 0 Å². The van der Waals surface area contributed by atoms with E-state index in [4.69, 9.17) is 4.74 Å². The van der Waals surface area contributed by atoms with Gasteiger partial charge in [-0.1, -0.05) is 44.0 Å². The van der Waals surface area contributed by atoms with Crippen LogP contribution in [0.3, 0.4) is 0 Å². The summed E-state index contributed by atoms with van der Waals surface area (Å²) in [6, 6.07) is 12.5. The Hall–Kier alpha value is -0.640. The Bertz CT molecular complexity index is 527. The summed E-state index contributed by atoms with van der Waals surface area (Å²) >= 11 is 6.94. The second-order valence-electron chi connectivity index (χ2n) is 4.63. The van der Waals surface area contributed by atoms with Gasteiger partial charge < -0.3 is 4.74 Å². The number of halogens is 2. The molecule has 0 bridgehead atoms. The normalized spacial score (nSPS) is 10.7. The molecule has 0 atom stereocenters. The number of ether oxygens (including phenoxy) is 1. The first-order chi connectivity index (χ1) is 9.06. The Morgan fingerprint density at radius 2 is 1.21 bits per heavy atom. The number of hydrogen-bond donors (Lipinski definition) is 0. The lowest BCUT2D eigenvalue weighted by molar-refractivity contribution is 0.106. The van der Waals surface area contributed by atoms with Crippen LogP contribution in [0.4, 0.5) is 0 Å². The molecule has 0 saturated heterocycles. The Balaban J connectivity index is 1.96. The minimum Gasteiger partial charge on any atom is -0.372 e. The number of rotatable bonds is 4. The van der Waals surface area contributed by atoms with Gasteiger partial charge >= 0.3 is 0 Å². The summed E-state index contributed by atoms with van der Waals surface area (Å²) in [6.45, 7) is 5.51. The predicted octanol–water partition coefficient (Wildman–Crippen LogP) is 5.55. The van der Waals surface area contributed by atoms with Crippen molar-refractivity contribution >= 4 is 31.9 Å². The molecule has 2 aromatic rings. The van der Waals surface area contributed by atoms with Crippen LogP contribution >= 0.6 is 31.9 Å². The molecular weight excluding hydrogens is 368 g/mol. The SMILES string of the molecule is Cc1cc(Br)ccc1COCc1ccc(Br)cc1C. The monoisotopic (exact) mass is 382 g/mol. The smallest absolute Gasteiger partial charge is 0.0724 e. The largest absolute Gasteiger partial charge is 0.372 e. The summed E-state index contributed by atoms with van der Waals surface area (Å²) in [4.78, 5) is 0. The van der Waals surface area contributed by atoms with Gasteiger partial charge in [0.15, 0.2) is 0 Å². The molecule has 0 radical (unpaired) electrons. The van der Waals surface area contributed by atoms with Gasteiger partial charge in [-0.25, -0.2) is 0 Å². The summed E-state index contributed by atoms with van der Waals surface area (Å²) < 4.78 is 8.03. The van der Waals surface area contributed by atoms with E-state index in [1.807, 2.05) is 0 Å². The van der Waals surface area contributed by atoms with Crippen molar-refractivity contribution in [3.63, 3.8) is 0 Å². The van der Waals surface area contributed by atoms with Crippen molar-refractivity contribution in [2.24, 2.45) is 0 Å². The van der Waals surface area contributed by atoms with E-state index in [1.165, 1.54) is 22.3 Å². The van der Waals surface area contributed by atoms with Crippen molar-refractivity contribution in [1.29, 1.82) is 0 Å². The molecule has 0 aliphatic carbocycles. The molecule has 3 heteroatoms.